The van der Waals surface area contributed by atoms with Crippen LogP contribution in [0.15, 0.2) is 65.6 Å². The molecule has 0 aliphatic rings. The second-order valence-electron chi connectivity index (χ2n) is 10.4. The van der Waals surface area contributed by atoms with Gasteiger partial charge in [-0.15, -0.1) is 0 Å². The lowest BCUT2D eigenvalue weighted by molar-refractivity contribution is -0.137. The van der Waals surface area contributed by atoms with Crippen molar-refractivity contribution in [3.63, 3.8) is 0 Å². The first-order valence-electron chi connectivity index (χ1n) is 13.5. The number of rotatable bonds is 8. The Morgan fingerprint density at radius 3 is 2.34 bits per heavy atom. The summed E-state index contributed by atoms with van der Waals surface area (Å²) in [7, 11) is 5.32. The van der Waals surface area contributed by atoms with Gasteiger partial charge in [0.25, 0.3) is 0 Å². The first-order chi connectivity index (χ1) is 20.7. The minimum atomic E-state index is -4.67. The topological polar surface area (TPSA) is 102 Å². The number of nitrogens with one attached hydrogen (secondary N) is 1. The SMILES string of the molecule is [C-]#[N+]c1ccc(-n2nccc2-c2c(C)n(-c3cccc(C(F)(F)F)c3)c(=O)n2C(=O)N[C@@H](C)C(=O)N(C)CCN(C)C)cc1. The minimum Gasteiger partial charge on any atom is -0.343 e. The number of amides is 2. The molecule has 2 aromatic carbocycles. The predicted octanol–water partition coefficient (Wildman–Crippen LogP) is 4.34. The summed E-state index contributed by atoms with van der Waals surface area (Å²) in [5.74, 6) is -0.395. The Labute approximate surface area is 251 Å². The van der Waals surface area contributed by atoms with Crippen molar-refractivity contribution in [3.05, 3.63) is 94.0 Å². The Balaban J connectivity index is 1.86. The number of aromatic nitrogens is 4. The lowest BCUT2D eigenvalue weighted by Gasteiger charge is -2.23. The van der Waals surface area contributed by atoms with E-state index >= 15 is 0 Å². The fourth-order valence-electron chi connectivity index (χ4n) is 4.68. The van der Waals surface area contributed by atoms with E-state index in [4.69, 9.17) is 6.57 Å². The van der Waals surface area contributed by atoms with Crippen LogP contribution in [0.3, 0.4) is 0 Å². The molecular formula is C30H31F3N8O3. The highest BCUT2D eigenvalue weighted by Gasteiger charge is 2.32. The third-order valence-electron chi connectivity index (χ3n) is 7.00. The molecule has 44 heavy (non-hydrogen) atoms. The van der Waals surface area contributed by atoms with Gasteiger partial charge in [-0.1, -0.05) is 18.2 Å². The third-order valence-corrected chi connectivity index (χ3v) is 7.00. The first-order valence-corrected chi connectivity index (χ1v) is 13.5. The molecule has 0 fully saturated rings. The van der Waals surface area contributed by atoms with E-state index in [1.807, 2.05) is 19.0 Å². The number of halogens is 3. The number of hydrogen-bond donors (Lipinski definition) is 1. The molecule has 0 spiro atoms. The van der Waals surface area contributed by atoms with Crippen LogP contribution in [0.1, 0.15) is 18.2 Å². The molecule has 0 saturated carbocycles. The molecule has 14 heteroatoms. The van der Waals surface area contributed by atoms with E-state index in [1.165, 1.54) is 41.8 Å². The van der Waals surface area contributed by atoms with Crippen molar-refractivity contribution in [2.75, 3.05) is 34.2 Å². The highest BCUT2D eigenvalue weighted by Crippen LogP contribution is 2.32. The smallest absolute Gasteiger partial charge is 0.343 e. The minimum absolute atomic E-state index is 0.0530. The van der Waals surface area contributed by atoms with Gasteiger partial charge < -0.3 is 15.1 Å². The largest absolute Gasteiger partial charge is 0.416 e. The number of nitrogens with zero attached hydrogens (tertiary/aromatic N) is 7. The fraction of sp³-hybridized carbons (Fsp3) is 0.300. The highest BCUT2D eigenvalue weighted by molar-refractivity contribution is 5.89. The standard InChI is InChI=1S/C30H31F3N8O3/c1-19(27(42)38(6)17-16-37(4)5)36-28(43)40-26(25-14-15-35-41(25)23-12-10-22(34-3)11-13-23)20(2)39(29(40)44)24-9-7-8-21(18-24)30(31,32)33/h7-15,18-19H,16-17H2,1-2,4-6H3,(H,36,43)/t19-/m0/s1. The van der Waals surface area contributed by atoms with Crippen LogP contribution in [0.5, 0.6) is 0 Å². The molecule has 2 heterocycles. The van der Waals surface area contributed by atoms with Crippen molar-refractivity contribution >= 4 is 17.6 Å². The summed E-state index contributed by atoms with van der Waals surface area (Å²) in [6.45, 7) is 11.2. The van der Waals surface area contributed by atoms with Gasteiger partial charge in [-0.05, 0) is 64.3 Å². The number of likely N-dealkylation sites (N-methyl/N-ethyl adjacent to an activating group) is 2. The van der Waals surface area contributed by atoms with Crippen molar-refractivity contribution in [2.24, 2.45) is 0 Å². The van der Waals surface area contributed by atoms with Crippen LogP contribution in [0, 0.1) is 13.5 Å². The maximum Gasteiger partial charge on any atom is 0.416 e. The molecule has 0 aliphatic heterocycles. The summed E-state index contributed by atoms with van der Waals surface area (Å²) >= 11 is 0. The van der Waals surface area contributed by atoms with Gasteiger partial charge in [0.05, 0.1) is 41.1 Å². The molecule has 2 aromatic heterocycles. The van der Waals surface area contributed by atoms with Crippen LogP contribution >= 0.6 is 0 Å². The van der Waals surface area contributed by atoms with E-state index in [9.17, 15) is 27.6 Å². The summed E-state index contributed by atoms with van der Waals surface area (Å²) in [4.78, 5) is 47.4. The van der Waals surface area contributed by atoms with Crippen molar-refractivity contribution in [1.82, 2.24) is 34.0 Å². The average Bonchev–Trinajstić information content (AvgIpc) is 3.56. The Kier molecular flexibility index (Phi) is 9.10. The van der Waals surface area contributed by atoms with E-state index in [-0.39, 0.29) is 22.8 Å². The zero-order chi connectivity index (χ0) is 32.3. The number of carbonyl (C=O) groups is 2. The van der Waals surface area contributed by atoms with Crippen molar-refractivity contribution in [3.8, 4) is 22.8 Å². The molecule has 0 aliphatic carbocycles. The van der Waals surface area contributed by atoms with E-state index in [0.29, 0.717) is 24.5 Å². The van der Waals surface area contributed by atoms with Gasteiger partial charge in [0.2, 0.25) is 5.91 Å². The van der Waals surface area contributed by atoms with Crippen molar-refractivity contribution < 1.29 is 22.8 Å². The lowest BCUT2D eigenvalue weighted by atomic mass is 10.2. The van der Waals surface area contributed by atoms with E-state index in [1.54, 1.807) is 37.4 Å². The van der Waals surface area contributed by atoms with Gasteiger partial charge in [-0.2, -0.15) is 18.3 Å². The first kappa shape index (κ1) is 31.8. The van der Waals surface area contributed by atoms with Crippen LogP contribution < -0.4 is 11.0 Å². The molecular weight excluding hydrogens is 577 g/mol. The van der Waals surface area contributed by atoms with Crippen molar-refractivity contribution in [1.29, 1.82) is 0 Å². The maximum atomic E-state index is 13.9. The fourth-order valence-corrected chi connectivity index (χ4v) is 4.68. The number of imidazole rings is 1. The molecule has 0 bridgehead atoms. The molecule has 1 N–H and O–H groups in total. The van der Waals surface area contributed by atoms with Crippen LogP contribution in [0.2, 0.25) is 0 Å². The van der Waals surface area contributed by atoms with Crippen LogP contribution in [0.25, 0.3) is 27.6 Å². The monoisotopic (exact) mass is 608 g/mol. The predicted molar refractivity (Wildman–Crippen MR) is 158 cm³/mol. The van der Waals surface area contributed by atoms with Crippen LogP contribution in [0.4, 0.5) is 23.7 Å². The molecule has 1 atom stereocenters. The summed E-state index contributed by atoms with van der Waals surface area (Å²) in [6.07, 6.45) is -3.22. The number of alkyl halides is 3. The van der Waals surface area contributed by atoms with Crippen LogP contribution in [-0.2, 0) is 11.0 Å². The number of benzene rings is 2. The summed E-state index contributed by atoms with van der Waals surface area (Å²) < 4.78 is 44.0. The van der Waals surface area contributed by atoms with Gasteiger partial charge in [0, 0.05) is 20.1 Å². The second-order valence-corrected chi connectivity index (χ2v) is 10.4. The Hall–Kier alpha value is -5.16. The van der Waals surface area contributed by atoms with Gasteiger partial charge in [0.15, 0.2) is 5.69 Å². The molecule has 4 aromatic rings. The Morgan fingerprint density at radius 2 is 1.73 bits per heavy atom. The van der Waals surface area contributed by atoms with Gasteiger partial charge in [0.1, 0.15) is 11.7 Å². The summed E-state index contributed by atoms with van der Waals surface area (Å²) in [5.41, 5.74) is -0.624. The van der Waals surface area contributed by atoms with E-state index in [2.05, 4.69) is 15.3 Å². The van der Waals surface area contributed by atoms with Gasteiger partial charge in [-0.3, -0.25) is 9.36 Å². The van der Waals surface area contributed by atoms with Gasteiger partial charge >= 0.3 is 17.9 Å². The molecule has 0 saturated heterocycles. The highest BCUT2D eigenvalue weighted by atomic mass is 19.4. The normalized spacial score (nSPS) is 12.2. The molecule has 0 unspecified atom stereocenters. The average molecular weight is 609 g/mol. The molecule has 2 amide bonds. The van der Waals surface area contributed by atoms with Crippen molar-refractivity contribution in [2.45, 2.75) is 26.1 Å². The van der Waals surface area contributed by atoms with E-state index in [0.717, 1.165) is 21.3 Å². The molecule has 4 rings (SSSR count). The maximum absolute atomic E-state index is 13.9. The Morgan fingerprint density at radius 1 is 1.05 bits per heavy atom. The third kappa shape index (κ3) is 6.42. The quantitative estimate of drug-likeness (QED) is 0.300. The second kappa shape index (κ2) is 12.6. The van der Waals surface area contributed by atoms with E-state index < -0.39 is 35.4 Å². The number of carbonyl (C=O) groups excluding carboxylic acids is 2. The zero-order valence-corrected chi connectivity index (χ0v) is 24.8. The summed E-state index contributed by atoms with van der Waals surface area (Å²) in [5, 5.41) is 6.91. The summed E-state index contributed by atoms with van der Waals surface area (Å²) in [6, 6.07) is 10.2. The molecule has 11 nitrogen and oxygen atoms in total. The van der Waals surface area contributed by atoms with Gasteiger partial charge in [-0.25, -0.2) is 23.7 Å². The lowest BCUT2D eigenvalue weighted by Crippen LogP contribution is -2.49. The number of hydrogen-bond acceptors (Lipinski definition) is 5. The molecule has 0 radical (unpaired) electrons. The van der Waals surface area contributed by atoms with Crippen LogP contribution in [-0.4, -0.2) is 80.9 Å². The Bertz CT molecular complexity index is 1780. The molecule has 230 valence electrons. The zero-order valence-electron chi connectivity index (χ0n) is 24.8.